The Balaban J connectivity index is 2.12. The summed E-state index contributed by atoms with van der Waals surface area (Å²) in [5.41, 5.74) is -0.362. The summed E-state index contributed by atoms with van der Waals surface area (Å²) < 4.78 is 0. The van der Waals surface area contributed by atoms with E-state index in [0.717, 1.165) is 12.8 Å². The lowest BCUT2D eigenvalue weighted by atomic mass is 9.62. The summed E-state index contributed by atoms with van der Waals surface area (Å²) in [5.74, 6) is -0.356. The number of carbonyl (C=O) groups excluding carboxylic acids is 2. The molecule has 0 aromatic heterocycles. The van der Waals surface area contributed by atoms with Crippen molar-refractivity contribution in [3.05, 3.63) is 24.3 Å². The minimum Gasteiger partial charge on any atom is -0.508 e. The first-order valence-electron chi connectivity index (χ1n) is 6.96. The molecule has 106 valence electrons. The van der Waals surface area contributed by atoms with Crippen molar-refractivity contribution in [2.24, 2.45) is 16.7 Å². The molecule has 1 aromatic rings. The van der Waals surface area contributed by atoms with Gasteiger partial charge < -0.3 is 5.11 Å². The van der Waals surface area contributed by atoms with Crippen molar-refractivity contribution in [3.8, 4) is 5.75 Å². The lowest BCUT2D eigenvalue weighted by molar-refractivity contribution is -0.146. The topological polar surface area (TPSA) is 57.6 Å². The standard InChI is InChI=1S/C16H19NO3/c1-15(2)12-7-8-16(15,3)14(20)17(13(12)19)10-5-4-6-11(18)9-10/h4-6,9,12,18H,7-8H2,1-3H3. The molecule has 2 amide bonds. The van der Waals surface area contributed by atoms with Crippen LogP contribution in [0.2, 0.25) is 0 Å². The monoisotopic (exact) mass is 273 g/mol. The number of benzene rings is 1. The Morgan fingerprint density at radius 1 is 1.25 bits per heavy atom. The molecule has 4 nitrogen and oxygen atoms in total. The van der Waals surface area contributed by atoms with Crippen molar-refractivity contribution in [3.63, 3.8) is 0 Å². The molecule has 2 atom stereocenters. The number of fused-ring (bicyclic) bond motifs is 2. The fourth-order valence-electron chi connectivity index (χ4n) is 3.69. The molecule has 1 aromatic carbocycles. The molecule has 2 fully saturated rings. The van der Waals surface area contributed by atoms with Gasteiger partial charge in [0.1, 0.15) is 5.75 Å². The molecule has 1 aliphatic heterocycles. The predicted molar refractivity (Wildman–Crippen MR) is 75.2 cm³/mol. The molecule has 2 aliphatic rings. The number of nitrogens with zero attached hydrogens (tertiary/aromatic N) is 1. The van der Waals surface area contributed by atoms with Gasteiger partial charge in [-0.25, -0.2) is 4.90 Å². The lowest BCUT2D eigenvalue weighted by Crippen LogP contribution is -2.59. The quantitative estimate of drug-likeness (QED) is 0.800. The fraction of sp³-hybridized carbons (Fsp3) is 0.500. The summed E-state index contributed by atoms with van der Waals surface area (Å²) in [5, 5.41) is 9.58. The third kappa shape index (κ3) is 1.42. The highest BCUT2D eigenvalue weighted by molar-refractivity contribution is 6.20. The summed E-state index contributed by atoms with van der Waals surface area (Å²) >= 11 is 0. The SMILES string of the molecule is CC12CCC(C(=O)N(c3cccc(O)c3)C1=O)C2(C)C. The number of carbonyl (C=O) groups is 2. The van der Waals surface area contributed by atoms with Crippen LogP contribution in [0.5, 0.6) is 5.75 Å². The molecule has 1 aliphatic carbocycles. The van der Waals surface area contributed by atoms with E-state index in [1.807, 2.05) is 20.8 Å². The summed E-state index contributed by atoms with van der Waals surface area (Å²) in [4.78, 5) is 26.8. The highest BCUT2D eigenvalue weighted by Crippen LogP contribution is 2.60. The molecule has 1 saturated carbocycles. The summed E-state index contributed by atoms with van der Waals surface area (Å²) in [6, 6.07) is 6.34. The van der Waals surface area contributed by atoms with Gasteiger partial charge in [0.25, 0.3) is 0 Å². The van der Waals surface area contributed by atoms with Crippen LogP contribution >= 0.6 is 0 Å². The van der Waals surface area contributed by atoms with Crippen LogP contribution < -0.4 is 4.90 Å². The van der Waals surface area contributed by atoms with Crippen LogP contribution in [0.4, 0.5) is 5.69 Å². The maximum atomic E-state index is 12.9. The molecule has 20 heavy (non-hydrogen) atoms. The van der Waals surface area contributed by atoms with Gasteiger partial charge in [0, 0.05) is 12.0 Å². The maximum absolute atomic E-state index is 12.9. The Labute approximate surface area is 118 Å². The molecule has 1 N–H and O–H groups in total. The van der Waals surface area contributed by atoms with E-state index < -0.39 is 5.41 Å². The number of piperidine rings is 1. The lowest BCUT2D eigenvalue weighted by Gasteiger charge is -2.47. The summed E-state index contributed by atoms with van der Waals surface area (Å²) in [7, 11) is 0. The van der Waals surface area contributed by atoms with Gasteiger partial charge in [-0.05, 0) is 30.4 Å². The van der Waals surface area contributed by atoms with Gasteiger partial charge in [0.05, 0.1) is 11.1 Å². The number of amides is 2. The van der Waals surface area contributed by atoms with E-state index in [-0.39, 0.29) is 28.9 Å². The van der Waals surface area contributed by atoms with Gasteiger partial charge in [-0.15, -0.1) is 0 Å². The van der Waals surface area contributed by atoms with Crippen LogP contribution in [0.3, 0.4) is 0 Å². The Morgan fingerprint density at radius 2 is 1.95 bits per heavy atom. The number of hydrogen-bond acceptors (Lipinski definition) is 3. The average Bonchev–Trinajstić information content (AvgIpc) is 2.54. The minimum absolute atomic E-state index is 0.0606. The van der Waals surface area contributed by atoms with Crippen LogP contribution in [0.15, 0.2) is 24.3 Å². The zero-order valence-corrected chi connectivity index (χ0v) is 12.0. The van der Waals surface area contributed by atoms with Crippen LogP contribution in [0.1, 0.15) is 33.6 Å². The molecule has 0 spiro atoms. The second-order valence-corrected chi connectivity index (χ2v) is 6.64. The predicted octanol–water partition coefficient (Wildman–Crippen LogP) is 2.71. The highest BCUT2D eigenvalue weighted by atomic mass is 16.3. The average molecular weight is 273 g/mol. The fourth-order valence-corrected chi connectivity index (χ4v) is 3.69. The van der Waals surface area contributed by atoms with Crippen LogP contribution in [0, 0.1) is 16.7 Å². The number of imide groups is 1. The van der Waals surface area contributed by atoms with E-state index >= 15 is 0 Å². The highest BCUT2D eigenvalue weighted by Gasteiger charge is 2.64. The normalized spacial score (nSPS) is 31.8. The van der Waals surface area contributed by atoms with Crippen molar-refractivity contribution in [1.82, 2.24) is 0 Å². The molecule has 2 unspecified atom stereocenters. The molecule has 1 saturated heterocycles. The van der Waals surface area contributed by atoms with Gasteiger partial charge in [-0.3, -0.25) is 9.59 Å². The first-order valence-corrected chi connectivity index (χ1v) is 6.96. The molecule has 4 heteroatoms. The largest absolute Gasteiger partial charge is 0.508 e. The van der Waals surface area contributed by atoms with E-state index in [0.29, 0.717) is 5.69 Å². The second-order valence-electron chi connectivity index (χ2n) is 6.64. The Bertz CT molecular complexity index is 607. The van der Waals surface area contributed by atoms with Crippen molar-refractivity contribution in [1.29, 1.82) is 0 Å². The van der Waals surface area contributed by atoms with Crippen molar-refractivity contribution in [2.45, 2.75) is 33.6 Å². The van der Waals surface area contributed by atoms with Gasteiger partial charge in [0.2, 0.25) is 11.8 Å². The molecular formula is C16H19NO3. The minimum atomic E-state index is -0.517. The molecule has 0 radical (unpaired) electrons. The van der Waals surface area contributed by atoms with E-state index in [2.05, 4.69) is 0 Å². The van der Waals surface area contributed by atoms with E-state index in [9.17, 15) is 14.7 Å². The summed E-state index contributed by atoms with van der Waals surface area (Å²) in [6.45, 7) is 5.98. The Hall–Kier alpha value is -1.84. The third-order valence-corrected chi connectivity index (χ3v) is 5.51. The van der Waals surface area contributed by atoms with Crippen LogP contribution in [-0.2, 0) is 9.59 Å². The molecule has 3 rings (SSSR count). The van der Waals surface area contributed by atoms with Gasteiger partial charge in [-0.1, -0.05) is 26.8 Å². The number of rotatable bonds is 1. The second kappa shape index (κ2) is 3.84. The summed E-state index contributed by atoms with van der Waals surface area (Å²) in [6.07, 6.45) is 1.49. The van der Waals surface area contributed by atoms with Crippen molar-refractivity contribution >= 4 is 17.5 Å². The van der Waals surface area contributed by atoms with E-state index in [4.69, 9.17) is 0 Å². The van der Waals surface area contributed by atoms with Crippen molar-refractivity contribution < 1.29 is 14.7 Å². The zero-order valence-electron chi connectivity index (χ0n) is 12.0. The Morgan fingerprint density at radius 3 is 2.60 bits per heavy atom. The van der Waals surface area contributed by atoms with E-state index in [1.165, 1.54) is 17.0 Å². The van der Waals surface area contributed by atoms with Crippen LogP contribution in [-0.4, -0.2) is 16.9 Å². The number of phenolic OH excluding ortho intramolecular Hbond substituents is 1. The first-order chi connectivity index (χ1) is 9.29. The number of anilines is 1. The van der Waals surface area contributed by atoms with Crippen molar-refractivity contribution in [2.75, 3.05) is 4.90 Å². The third-order valence-electron chi connectivity index (χ3n) is 5.51. The molecule has 2 bridgehead atoms. The molecular weight excluding hydrogens is 254 g/mol. The van der Waals surface area contributed by atoms with Gasteiger partial charge in [-0.2, -0.15) is 0 Å². The number of hydrogen-bond donors (Lipinski definition) is 1. The zero-order chi connectivity index (χ0) is 14.7. The molecule has 1 heterocycles. The smallest absolute Gasteiger partial charge is 0.240 e. The van der Waals surface area contributed by atoms with Gasteiger partial charge in [0.15, 0.2) is 0 Å². The Kier molecular flexibility index (Phi) is 2.53. The van der Waals surface area contributed by atoms with Gasteiger partial charge >= 0.3 is 0 Å². The first kappa shape index (κ1) is 13.2. The number of phenols is 1. The number of aromatic hydroxyl groups is 1. The van der Waals surface area contributed by atoms with Crippen LogP contribution in [0.25, 0.3) is 0 Å². The maximum Gasteiger partial charge on any atom is 0.240 e. The van der Waals surface area contributed by atoms with E-state index in [1.54, 1.807) is 12.1 Å².